The van der Waals surface area contributed by atoms with Crippen molar-refractivity contribution in [3.8, 4) is 5.75 Å². The lowest BCUT2D eigenvalue weighted by Crippen LogP contribution is -2.52. The summed E-state index contributed by atoms with van der Waals surface area (Å²) in [7, 11) is 1.66. The number of aryl methyl sites for hydroxylation is 1. The van der Waals surface area contributed by atoms with Crippen molar-refractivity contribution < 1.29 is 9.53 Å². The number of rotatable bonds is 5. The molecule has 1 saturated heterocycles. The number of amides is 2. The molecule has 2 aromatic carbocycles. The number of urea groups is 1. The number of anilines is 1. The van der Waals surface area contributed by atoms with Crippen LogP contribution in [0.5, 0.6) is 5.75 Å². The highest BCUT2D eigenvalue weighted by molar-refractivity contribution is 5.74. The van der Waals surface area contributed by atoms with Gasteiger partial charge in [0.05, 0.1) is 7.11 Å². The minimum Gasteiger partial charge on any atom is -0.497 e. The number of methoxy groups -OCH3 is 1. The standard InChI is InChI=1S/C21H27N3O2/c1-17-6-3-4-9-20(17)23-12-14-24(15-13-23)21(25)22-11-10-18-7-5-8-19(16-18)26-2/h3-9,16H,10-15H2,1-2H3,(H,22,25). The molecular weight excluding hydrogens is 326 g/mol. The molecule has 1 heterocycles. The molecule has 0 aromatic heterocycles. The molecule has 0 bridgehead atoms. The highest BCUT2D eigenvalue weighted by Crippen LogP contribution is 2.20. The molecule has 3 rings (SSSR count). The maximum Gasteiger partial charge on any atom is 0.317 e. The molecule has 0 unspecified atom stereocenters. The zero-order valence-electron chi connectivity index (χ0n) is 15.6. The van der Waals surface area contributed by atoms with E-state index in [1.54, 1.807) is 7.11 Å². The third-order valence-corrected chi connectivity index (χ3v) is 4.85. The Hall–Kier alpha value is -2.69. The van der Waals surface area contributed by atoms with Crippen molar-refractivity contribution in [2.75, 3.05) is 44.7 Å². The number of piperazine rings is 1. The van der Waals surface area contributed by atoms with Gasteiger partial charge in [0.1, 0.15) is 5.75 Å². The van der Waals surface area contributed by atoms with Crippen molar-refractivity contribution in [3.63, 3.8) is 0 Å². The van der Waals surface area contributed by atoms with E-state index in [2.05, 4.69) is 47.5 Å². The van der Waals surface area contributed by atoms with Gasteiger partial charge >= 0.3 is 6.03 Å². The van der Waals surface area contributed by atoms with Crippen LogP contribution in [-0.4, -0.2) is 50.8 Å². The molecule has 0 spiro atoms. The molecule has 5 nitrogen and oxygen atoms in total. The van der Waals surface area contributed by atoms with Gasteiger partial charge in [0, 0.05) is 38.4 Å². The van der Waals surface area contributed by atoms with Crippen LogP contribution >= 0.6 is 0 Å². The predicted molar refractivity (Wildman–Crippen MR) is 105 cm³/mol. The van der Waals surface area contributed by atoms with Crippen LogP contribution in [0.3, 0.4) is 0 Å². The summed E-state index contributed by atoms with van der Waals surface area (Å²) in [6.45, 7) is 6.00. The molecule has 26 heavy (non-hydrogen) atoms. The molecule has 5 heteroatoms. The molecule has 1 aliphatic heterocycles. The SMILES string of the molecule is COc1cccc(CCNC(=O)N2CCN(c3ccccc3C)CC2)c1. The lowest BCUT2D eigenvalue weighted by atomic mass is 10.1. The number of benzene rings is 2. The summed E-state index contributed by atoms with van der Waals surface area (Å²) in [5.74, 6) is 0.848. The average Bonchev–Trinajstić information content (AvgIpc) is 2.68. The van der Waals surface area contributed by atoms with Crippen molar-refractivity contribution in [3.05, 3.63) is 59.7 Å². The summed E-state index contributed by atoms with van der Waals surface area (Å²) in [5.41, 5.74) is 3.71. The summed E-state index contributed by atoms with van der Waals surface area (Å²) in [4.78, 5) is 16.7. The van der Waals surface area contributed by atoms with Crippen molar-refractivity contribution in [2.24, 2.45) is 0 Å². The third kappa shape index (κ3) is 4.48. The Balaban J connectivity index is 1.44. The maximum absolute atomic E-state index is 12.4. The van der Waals surface area contributed by atoms with Crippen LogP contribution in [-0.2, 0) is 6.42 Å². The maximum atomic E-state index is 12.4. The molecule has 0 aliphatic carbocycles. The number of hydrogen-bond donors (Lipinski definition) is 1. The highest BCUT2D eigenvalue weighted by atomic mass is 16.5. The Morgan fingerprint density at radius 1 is 1.08 bits per heavy atom. The van der Waals surface area contributed by atoms with Crippen LogP contribution in [0.1, 0.15) is 11.1 Å². The minimum atomic E-state index is 0.0253. The van der Waals surface area contributed by atoms with E-state index in [0.717, 1.165) is 43.9 Å². The fourth-order valence-electron chi connectivity index (χ4n) is 3.32. The van der Waals surface area contributed by atoms with Crippen LogP contribution in [0, 0.1) is 6.92 Å². The summed E-state index contributed by atoms with van der Waals surface area (Å²) in [6.07, 6.45) is 0.798. The lowest BCUT2D eigenvalue weighted by Gasteiger charge is -2.36. The van der Waals surface area contributed by atoms with E-state index in [1.807, 2.05) is 23.1 Å². The number of carbonyl (C=O) groups excluding carboxylic acids is 1. The smallest absolute Gasteiger partial charge is 0.317 e. The van der Waals surface area contributed by atoms with E-state index in [4.69, 9.17) is 4.74 Å². The van der Waals surface area contributed by atoms with Crippen LogP contribution in [0.15, 0.2) is 48.5 Å². The third-order valence-electron chi connectivity index (χ3n) is 4.85. The average molecular weight is 353 g/mol. The predicted octanol–water partition coefficient (Wildman–Crippen LogP) is 3.08. The number of ether oxygens (including phenoxy) is 1. The van der Waals surface area contributed by atoms with Crippen molar-refractivity contribution in [1.29, 1.82) is 0 Å². The molecule has 0 atom stereocenters. The van der Waals surface area contributed by atoms with Crippen molar-refractivity contribution in [1.82, 2.24) is 10.2 Å². The largest absolute Gasteiger partial charge is 0.497 e. The van der Waals surface area contributed by atoms with Gasteiger partial charge in [-0.15, -0.1) is 0 Å². The summed E-state index contributed by atoms with van der Waals surface area (Å²) in [5, 5.41) is 3.03. The first kappa shape index (κ1) is 18.1. The number of para-hydroxylation sites is 1. The first-order chi connectivity index (χ1) is 12.7. The fraction of sp³-hybridized carbons (Fsp3) is 0.381. The Bertz CT molecular complexity index is 740. The van der Waals surface area contributed by atoms with Gasteiger partial charge in [-0.25, -0.2) is 4.79 Å². The van der Waals surface area contributed by atoms with E-state index in [0.29, 0.717) is 6.54 Å². The number of carbonyl (C=O) groups is 1. The van der Waals surface area contributed by atoms with Crippen molar-refractivity contribution in [2.45, 2.75) is 13.3 Å². The van der Waals surface area contributed by atoms with E-state index < -0.39 is 0 Å². The summed E-state index contributed by atoms with van der Waals surface area (Å²) in [6, 6.07) is 16.4. The molecular formula is C21H27N3O2. The Kier molecular flexibility index (Phi) is 6.00. The molecule has 138 valence electrons. The van der Waals surface area contributed by atoms with E-state index in [9.17, 15) is 4.79 Å². The molecule has 2 aromatic rings. The Labute approximate surface area is 155 Å². The molecule has 1 fully saturated rings. The van der Waals surface area contributed by atoms with Gasteiger partial charge in [-0.2, -0.15) is 0 Å². The van der Waals surface area contributed by atoms with Gasteiger partial charge in [-0.3, -0.25) is 0 Å². The van der Waals surface area contributed by atoms with Gasteiger partial charge in [-0.05, 0) is 42.7 Å². The highest BCUT2D eigenvalue weighted by Gasteiger charge is 2.21. The zero-order chi connectivity index (χ0) is 18.4. The first-order valence-corrected chi connectivity index (χ1v) is 9.13. The van der Waals surface area contributed by atoms with Gasteiger partial charge < -0.3 is 19.9 Å². The van der Waals surface area contributed by atoms with Gasteiger partial charge in [0.15, 0.2) is 0 Å². The zero-order valence-corrected chi connectivity index (χ0v) is 15.6. The topological polar surface area (TPSA) is 44.8 Å². The molecule has 2 amide bonds. The Morgan fingerprint density at radius 2 is 1.85 bits per heavy atom. The minimum absolute atomic E-state index is 0.0253. The van der Waals surface area contributed by atoms with Gasteiger partial charge in [0.2, 0.25) is 0 Å². The monoisotopic (exact) mass is 353 g/mol. The van der Waals surface area contributed by atoms with E-state index >= 15 is 0 Å². The molecule has 0 radical (unpaired) electrons. The number of nitrogens with one attached hydrogen (secondary N) is 1. The van der Waals surface area contributed by atoms with Crippen LogP contribution in [0.4, 0.5) is 10.5 Å². The molecule has 1 aliphatic rings. The van der Waals surface area contributed by atoms with E-state index in [1.165, 1.54) is 11.3 Å². The number of nitrogens with zero attached hydrogens (tertiary/aromatic N) is 2. The van der Waals surface area contributed by atoms with Crippen molar-refractivity contribution >= 4 is 11.7 Å². The quantitative estimate of drug-likeness (QED) is 0.898. The molecule has 0 saturated carbocycles. The second-order valence-electron chi connectivity index (χ2n) is 6.59. The summed E-state index contributed by atoms with van der Waals surface area (Å²) >= 11 is 0. The van der Waals surface area contributed by atoms with Crippen LogP contribution in [0.2, 0.25) is 0 Å². The fourth-order valence-corrected chi connectivity index (χ4v) is 3.32. The van der Waals surface area contributed by atoms with Gasteiger partial charge in [0.25, 0.3) is 0 Å². The normalized spacial score (nSPS) is 14.2. The Morgan fingerprint density at radius 3 is 2.58 bits per heavy atom. The van der Waals surface area contributed by atoms with E-state index in [-0.39, 0.29) is 6.03 Å². The second kappa shape index (κ2) is 8.61. The second-order valence-corrected chi connectivity index (χ2v) is 6.59. The van der Waals surface area contributed by atoms with Gasteiger partial charge in [-0.1, -0.05) is 30.3 Å². The number of hydrogen-bond acceptors (Lipinski definition) is 3. The van der Waals surface area contributed by atoms with Crippen LogP contribution in [0.25, 0.3) is 0 Å². The summed E-state index contributed by atoms with van der Waals surface area (Å²) < 4.78 is 5.23. The first-order valence-electron chi connectivity index (χ1n) is 9.13. The molecule has 1 N–H and O–H groups in total. The lowest BCUT2D eigenvalue weighted by molar-refractivity contribution is 0.194. The van der Waals surface area contributed by atoms with Crippen LogP contribution < -0.4 is 15.0 Å².